The highest BCUT2D eigenvalue weighted by Crippen LogP contribution is 2.25. The van der Waals surface area contributed by atoms with E-state index in [-0.39, 0.29) is 0 Å². The molecule has 0 fully saturated rings. The standard InChI is InChI=1S/C14H12BrN5O/c1-21-13-11(15)8-18-14(19-13)20-6-5-17-12(20)9-3-2-4-10(16)7-9/h2-8H,16H2,1H3. The summed E-state index contributed by atoms with van der Waals surface area (Å²) in [6, 6.07) is 7.50. The van der Waals surface area contributed by atoms with Gasteiger partial charge in [0.15, 0.2) is 0 Å². The zero-order valence-electron chi connectivity index (χ0n) is 11.2. The maximum atomic E-state index is 5.82. The van der Waals surface area contributed by atoms with Crippen LogP contribution in [0.25, 0.3) is 17.3 Å². The number of methoxy groups -OCH3 is 1. The molecule has 21 heavy (non-hydrogen) atoms. The summed E-state index contributed by atoms with van der Waals surface area (Å²) in [5, 5.41) is 0. The molecule has 106 valence electrons. The predicted molar refractivity (Wildman–Crippen MR) is 83.3 cm³/mol. The Labute approximate surface area is 129 Å². The van der Waals surface area contributed by atoms with Crippen molar-refractivity contribution in [2.75, 3.05) is 12.8 Å². The van der Waals surface area contributed by atoms with Crippen molar-refractivity contribution in [3.63, 3.8) is 0 Å². The maximum Gasteiger partial charge on any atom is 0.238 e. The third kappa shape index (κ3) is 2.59. The van der Waals surface area contributed by atoms with Crippen molar-refractivity contribution in [2.24, 2.45) is 0 Å². The topological polar surface area (TPSA) is 78.8 Å². The normalized spacial score (nSPS) is 10.6. The first-order valence-electron chi connectivity index (χ1n) is 6.15. The fourth-order valence-electron chi connectivity index (χ4n) is 1.96. The summed E-state index contributed by atoms with van der Waals surface area (Å²) in [4.78, 5) is 13.0. The lowest BCUT2D eigenvalue weighted by Gasteiger charge is -2.08. The van der Waals surface area contributed by atoms with Crippen LogP contribution in [-0.2, 0) is 0 Å². The van der Waals surface area contributed by atoms with E-state index in [1.54, 1.807) is 30.3 Å². The molecule has 7 heteroatoms. The fraction of sp³-hybridized carbons (Fsp3) is 0.0714. The van der Waals surface area contributed by atoms with Gasteiger partial charge in [-0.05, 0) is 28.1 Å². The number of aromatic nitrogens is 4. The number of imidazole rings is 1. The van der Waals surface area contributed by atoms with Crippen molar-refractivity contribution in [1.29, 1.82) is 0 Å². The molecule has 3 aromatic rings. The molecule has 0 aliphatic rings. The summed E-state index contributed by atoms with van der Waals surface area (Å²) in [5.74, 6) is 1.66. The molecule has 0 saturated heterocycles. The second-order valence-corrected chi connectivity index (χ2v) is 5.13. The number of nitrogens with two attached hydrogens (primary N) is 1. The monoisotopic (exact) mass is 345 g/mol. The number of hydrogen-bond donors (Lipinski definition) is 1. The number of ether oxygens (including phenoxy) is 1. The first-order chi connectivity index (χ1) is 10.2. The molecule has 0 saturated carbocycles. The molecule has 2 heterocycles. The largest absolute Gasteiger partial charge is 0.480 e. The summed E-state index contributed by atoms with van der Waals surface area (Å²) >= 11 is 3.34. The Morgan fingerprint density at radius 3 is 2.90 bits per heavy atom. The zero-order valence-corrected chi connectivity index (χ0v) is 12.8. The van der Waals surface area contributed by atoms with Gasteiger partial charge in [-0.2, -0.15) is 4.98 Å². The van der Waals surface area contributed by atoms with Gasteiger partial charge in [-0.25, -0.2) is 9.97 Å². The highest BCUT2D eigenvalue weighted by molar-refractivity contribution is 9.10. The summed E-state index contributed by atoms with van der Waals surface area (Å²) in [6.45, 7) is 0. The van der Waals surface area contributed by atoms with Gasteiger partial charge < -0.3 is 10.5 Å². The number of rotatable bonds is 3. The second kappa shape index (κ2) is 5.53. The van der Waals surface area contributed by atoms with E-state index in [9.17, 15) is 0 Å². The smallest absolute Gasteiger partial charge is 0.238 e. The van der Waals surface area contributed by atoms with Crippen molar-refractivity contribution in [3.8, 4) is 23.2 Å². The van der Waals surface area contributed by atoms with Gasteiger partial charge in [0, 0.05) is 23.6 Å². The van der Waals surface area contributed by atoms with Gasteiger partial charge in [0.05, 0.1) is 17.8 Å². The first kappa shape index (κ1) is 13.6. The van der Waals surface area contributed by atoms with E-state index in [0.717, 1.165) is 5.56 Å². The van der Waals surface area contributed by atoms with Gasteiger partial charge in [0.1, 0.15) is 5.82 Å². The molecule has 0 spiro atoms. The highest BCUT2D eigenvalue weighted by Gasteiger charge is 2.12. The minimum Gasteiger partial charge on any atom is -0.480 e. The van der Waals surface area contributed by atoms with E-state index in [4.69, 9.17) is 10.5 Å². The molecular formula is C14H12BrN5O. The summed E-state index contributed by atoms with van der Waals surface area (Å²) < 4.78 is 7.67. The molecule has 2 aromatic heterocycles. The lowest BCUT2D eigenvalue weighted by atomic mass is 10.2. The van der Waals surface area contributed by atoms with Crippen LogP contribution in [0, 0.1) is 0 Å². The number of benzene rings is 1. The zero-order chi connectivity index (χ0) is 14.8. The Bertz CT molecular complexity index is 787. The SMILES string of the molecule is COc1nc(-n2ccnc2-c2cccc(N)c2)ncc1Br. The summed E-state index contributed by atoms with van der Waals surface area (Å²) in [5.41, 5.74) is 7.40. The molecule has 3 rings (SSSR count). The van der Waals surface area contributed by atoms with E-state index in [0.29, 0.717) is 27.8 Å². The van der Waals surface area contributed by atoms with E-state index < -0.39 is 0 Å². The summed E-state index contributed by atoms with van der Waals surface area (Å²) in [6.07, 6.45) is 5.13. The molecule has 0 bridgehead atoms. The molecule has 6 nitrogen and oxygen atoms in total. The number of nitrogen functional groups attached to an aromatic ring is 1. The van der Waals surface area contributed by atoms with Crippen molar-refractivity contribution < 1.29 is 4.74 Å². The average molecular weight is 346 g/mol. The van der Waals surface area contributed by atoms with E-state index >= 15 is 0 Å². The van der Waals surface area contributed by atoms with Gasteiger partial charge in [-0.15, -0.1) is 0 Å². The predicted octanol–water partition coefficient (Wildman–Crippen LogP) is 2.68. The highest BCUT2D eigenvalue weighted by atomic mass is 79.9. The average Bonchev–Trinajstić information content (AvgIpc) is 2.97. The van der Waals surface area contributed by atoms with Gasteiger partial charge in [-0.1, -0.05) is 12.1 Å². The quantitative estimate of drug-likeness (QED) is 0.738. The van der Waals surface area contributed by atoms with Crippen molar-refractivity contribution in [3.05, 3.63) is 47.3 Å². The number of hydrogen-bond acceptors (Lipinski definition) is 5. The third-order valence-electron chi connectivity index (χ3n) is 2.89. The molecule has 0 amide bonds. The molecule has 0 aliphatic heterocycles. The molecule has 0 unspecified atom stereocenters. The van der Waals surface area contributed by atoms with Crippen molar-refractivity contribution in [1.82, 2.24) is 19.5 Å². The number of halogens is 1. The first-order valence-corrected chi connectivity index (χ1v) is 6.94. The fourth-order valence-corrected chi connectivity index (χ4v) is 2.31. The minimum atomic E-state index is 0.465. The van der Waals surface area contributed by atoms with E-state index in [1.165, 1.54) is 0 Å². The lowest BCUT2D eigenvalue weighted by molar-refractivity contribution is 0.393. The van der Waals surface area contributed by atoms with Gasteiger partial charge in [0.25, 0.3) is 0 Å². The Morgan fingerprint density at radius 1 is 1.29 bits per heavy atom. The molecule has 0 radical (unpaired) electrons. The van der Waals surface area contributed by atoms with Crippen molar-refractivity contribution in [2.45, 2.75) is 0 Å². The van der Waals surface area contributed by atoms with Gasteiger partial charge in [0.2, 0.25) is 11.8 Å². The van der Waals surface area contributed by atoms with Crippen LogP contribution in [-0.4, -0.2) is 26.6 Å². The summed E-state index contributed by atoms with van der Waals surface area (Å²) in [7, 11) is 1.56. The van der Waals surface area contributed by atoms with Crippen LogP contribution in [0.15, 0.2) is 47.3 Å². The van der Waals surface area contributed by atoms with Crippen LogP contribution in [0.4, 0.5) is 5.69 Å². The van der Waals surface area contributed by atoms with E-state index in [1.807, 2.05) is 24.3 Å². The van der Waals surface area contributed by atoms with Gasteiger partial charge >= 0.3 is 0 Å². The van der Waals surface area contributed by atoms with Crippen LogP contribution in [0.5, 0.6) is 5.88 Å². The molecular weight excluding hydrogens is 334 g/mol. The molecule has 0 atom stereocenters. The molecule has 1 aromatic carbocycles. The van der Waals surface area contributed by atoms with Gasteiger partial charge in [-0.3, -0.25) is 4.57 Å². The van der Waals surface area contributed by atoms with Crippen LogP contribution >= 0.6 is 15.9 Å². The van der Waals surface area contributed by atoms with E-state index in [2.05, 4.69) is 30.9 Å². The molecule has 2 N–H and O–H groups in total. The Hall–Kier alpha value is -2.41. The van der Waals surface area contributed by atoms with Crippen molar-refractivity contribution >= 4 is 21.6 Å². The Morgan fingerprint density at radius 2 is 2.14 bits per heavy atom. The lowest BCUT2D eigenvalue weighted by Crippen LogP contribution is -2.04. The minimum absolute atomic E-state index is 0.465. The number of anilines is 1. The number of nitrogens with zero attached hydrogens (tertiary/aromatic N) is 4. The van der Waals surface area contributed by atoms with Crippen LogP contribution < -0.4 is 10.5 Å². The van der Waals surface area contributed by atoms with Crippen LogP contribution in [0.2, 0.25) is 0 Å². The van der Waals surface area contributed by atoms with Crippen LogP contribution in [0.3, 0.4) is 0 Å². The maximum absolute atomic E-state index is 5.82. The third-order valence-corrected chi connectivity index (χ3v) is 3.44. The second-order valence-electron chi connectivity index (χ2n) is 4.27. The van der Waals surface area contributed by atoms with Crippen LogP contribution in [0.1, 0.15) is 0 Å². The molecule has 0 aliphatic carbocycles. The Balaban J connectivity index is 2.11. The Kier molecular flexibility index (Phi) is 3.57.